The van der Waals surface area contributed by atoms with Gasteiger partial charge < -0.3 is 9.47 Å². The number of hydrogen-bond donors (Lipinski definition) is 0. The van der Waals surface area contributed by atoms with Gasteiger partial charge in [0.05, 0.1) is 23.7 Å². The van der Waals surface area contributed by atoms with E-state index >= 15 is 0 Å². The monoisotopic (exact) mass is 353 g/mol. The van der Waals surface area contributed by atoms with E-state index in [2.05, 4.69) is 44.8 Å². The van der Waals surface area contributed by atoms with Gasteiger partial charge >= 0.3 is 0 Å². The maximum Gasteiger partial charge on any atom is 0.129 e. The Bertz CT molecular complexity index is 1110. The van der Waals surface area contributed by atoms with Gasteiger partial charge in [0.2, 0.25) is 0 Å². The summed E-state index contributed by atoms with van der Waals surface area (Å²) < 4.78 is 2.16. The Kier molecular flexibility index (Phi) is 4.54. The number of fused-ring (bicyclic) bond motifs is 1. The standard InChI is InChI=1S/C22H19N5/c1-26(21-10-8-19-13-18(14-23)7-9-20(19)25-21)16-22-24-11-12-27(22)15-17-5-3-2-4-6-17/h2-13H,15-16H2,1H3. The van der Waals surface area contributed by atoms with Gasteiger partial charge in [-0.25, -0.2) is 9.97 Å². The van der Waals surface area contributed by atoms with Crippen LogP contribution in [0.15, 0.2) is 73.1 Å². The van der Waals surface area contributed by atoms with Crippen molar-refractivity contribution in [2.75, 3.05) is 11.9 Å². The van der Waals surface area contributed by atoms with Crippen molar-refractivity contribution in [2.45, 2.75) is 13.1 Å². The fourth-order valence-corrected chi connectivity index (χ4v) is 3.11. The van der Waals surface area contributed by atoms with Gasteiger partial charge in [-0.15, -0.1) is 0 Å². The molecule has 0 aliphatic heterocycles. The molecule has 0 spiro atoms. The van der Waals surface area contributed by atoms with Crippen LogP contribution < -0.4 is 4.90 Å². The van der Waals surface area contributed by atoms with Crippen LogP contribution in [0, 0.1) is 11.3 Å². The third kappa shape index (κ3) is 3.65. The van der Waals surface area contributed by atoms with Crippen molar-refractivity contribution in [1.29, 1.82) is 5.26 Å². The molecule has 0 aliphatic carbocycles. The summed E-state index contributed by atoms with van der Waals surface area (Å²) in [5, 5.41) is 10.00. The number of imidazole rings is 1. The molecule has 0 amide bonds. The highest BCUT2D eigenvalue weighted by atomic mass is 15.2. The molecule has 0 saturated heterocycles. The van der Waals surface area contributed by atoms with Gasteiger partial charge in [-0.1, -0.05) is 30.3 Å². The maximum absolute atomic E-state index is 9.03. The first-order valence-electron chi connectivity index (χ1n) is 8.79. The maximum atomic E-state index is 9.03. The molecule has 0 bridgehead atoms. The zero-order chi connectivity index (χ0) is 18.6. The predicted molar refractivity (Wildman–Crippen MR) is 106 cm³/mol. The minimum atomic E-state index is 0.647. The first-order chi connectivity index (χ1) is 13.2. The number of rotatable bonds is 5. The van der Waals surface area contributed by atoms with E-state index in [9.17, 15) is 0 Å². The number of benzene rings is 2. The zero-order valence-corrected chi connectivity index (χ0v) is 15.1. The van der Waals surface area contributed by atoms with E-state index in [0.29, 0.717) is 12.1 Å². The van der Waals surface area contributed by atoms with Crippen molar-refractivity contribution >= 4 is 16.7 Å². The second-order valence-electron chi connectivity index (χ2n) is 6.50. The van der Waals surface area contributed by atoms with Gasteiger partial charge in [0.1, 0.15) is 11.6 Å². The third-order valence-electron chi connectivity index (χ3n) is 4.57. The SMILES string of the molecule is CN(Cc1nccn1Cc1ccccc1)c1ccc2cc(C#N)ccc2n1. The van der Waals surface area contributed by atoms with Crippen LogP contribution in [0.1, 0.15) is 17.0 Å². The highest BCUT2D eigenvalue weighted by Gasteiger charge is 2.10. The molecule has 0 unspecified atom stereocenters. The zero-order valence-electron chi connectivity index (χ0n) is 15.1. The van der Waals surface area contributed by atoms with Crippen LogP contribution in [0.5, 0.6) is 0 Å². The van der Waals surface area contributed by atoms with Crippen molar-refractivity contribution in [2.24, 2.45) is 0 Å². The van der Waals surface area contributed by atoms with Gasteiger partial charge in [0.15, 0.2) is 0 Å². The van der Waals surface area contributed by atoms with Crippen molar-refractivity contribution in [3.8, 4) is 6.07 Å². The largest absolute Gasteiger partial charge is 0.352 e. The van der Waals surface area contributed by atoms with E-state index < -0.39 is 0 Å². The fourth-order valence-electron chi connectivity index (χ4n) is 3.11. The van der Waals surface area contributed by atoms with Crippen molar-refractivity contribution in [1.82, 2.24) is 14.5 Å². The Morgan fingerprint density at radius 2 is 1.93 bits per heavy atom. The van der Waals surface area contributed by atoms with Crippen LogP contribution in [0.3, 0.4) is 0 Å². The van der Waals surface area contributed by atoms with Crippen LogP contribution >= 0.6 is 0 Å². The minimum Gasteiger partial charge on any atom is -0.352 e. The van der Waals surface area contributed by atoms with Crippen LogP contribution in [-0.4, -0.2) is 21.6 Å². The number of pyridine rings is 1. The first kappa shape index (κ1) is 16.8. The lowest BCUT2D eigenvalue weighted by Crippen LogP contribution is -2.20. The van der Waals surface area contributed by atoms with Gasteiger partial charge in [0, 0.05) is 31.4 Å². The van der Waals surface area contributed by atoms with Crippen LogP contribution in [0.2, 0.25) is 0 Å². The Labute approximate surface area is 158 Å². The molecule has 2 aromatic carbocycles. The smallest absolute Gasteiger partial charge is 0.129 e. The molecule has 27 heavy (non-hydrogen) atoms. The van der Waals surface area contributed by atoms with Crippen LogP contribution in [0.25, 0.3) is 10.9 Å². The highest BCUT2D eigenvalue weighted by Crippen LogP contribution is 2.20. The summed E-state index contributed by atoms with van der Waals surface area (Å²) >= 11 is 0. The molecule has 4 rings (SSSR count). The van der Waals surface area contributed by atoms with E-state index in [1.807, 2.05) is 49.8 Å². The van der Waals surface area contributed by atoms with E-state index in [1.54, 1.807) is 6.07 Å². The number of nitrogens with zero attached hydrogens (tertiary/aromatic N) is 5. The normalized spacial score (nSPS) is 10.7. The molecule has 0 N–H and O–H groups in total. The predicted octanol–water partition coefficient (Wildman–Crippen LogP) is 3.99. The molecule has 5 nitrogen and oxygen atoms in total. The second-order valence-corrected chi connectivity index (χ2v) is 6.50. The summed E-state index contributed by atoms with van der Waals surface area (Å²) in [5.74, 6) is 1.87. The Hall–Kier alpha value is -3.65. The first-order valence-corrected chi connectivity index (χ1v) is 8.79. The molecule has 2 aromatic heterocycles. The lowest BCUT2D eigenvalue weighted by atomic mass is 10.1. The van der Waals surface area contributed by atoms with Crippen molar-refractivity contribution in [3.63, 3.8) is 0 Å². The van der Waals surface area contributed by atoms with Crippen LogP contribution in [0.4, 0.5) is 5.82 Å². The molecule has 0 atom stereocenters. The van der Waals surface area contributed by atoms with Crippen molar-refractivity contribution < 1.29 is 0 Å². The number of hydrogen-bond acceptors (Lipinski definition) is 4. The Morgan fingerprint density at radius 3 is 2.74 bits per heavy atom. The van der Waals surface area contributed by atoms with Gasteiger partial charge in [-0.2, -0.15) is 5.26 Å². The Morgan fingerprint density at radius 1 is 1.07 bits per heavy atom. The van der Waals surface area contributed by atoms with E-state index in [1.165, 1.54) is 5.56 Å². The average Bonchev–Trinajstić information content (AvgIpc) is 3.14. The highest BCUT2D eigenvalue weighted by molar-refractivity contribution is 5.81. The van der Waals surface area contributed by atoms with E-state index in [4.69, 9.17) is 10.2 Å². The molecule has 2 heterocycles. The number of nitriles is 1. The fraction of sp³-hybridized carbons (Fsp3) is 0.136. The lowest BCUT2D eigenvalue weighted by molar-refractivity contribution is 0.704. The van der Waals surface area contributed by atoms with Crippen LogP contribution in [-0.2, 0) is 13.1 Å². The summed E-state index contributed by atoms with van der Waals surface area (Å²) in [4.78, 5) is 11.3. The van der Waals surface area contributed by atoms with Gasteiger partial charge in [0.25, 0.3) is 0 Å². The lowest BCUT2D eigenvalue weighted by Gasteiger charge is -2.19. The molecule has 0 fully saturated rings. The number of aromatic nitrogens is 3. The van der Waals surface area contributed by atoms with Gasteiger partial charge in [-0.05, 0) is 35.9 Å². The van der Waals surface area contributed by atoms with E-state index in [-0.39, 0.29) is 0 Å². The summed E-state index contributed by atoms with van der Waals surface area (Å²) in [6, 6.07) is 22.1. The molecule has 0 aliphatic rings. The minimum absolute atomic E-state index is 0.647. The number of anilines is 1. The average molecular weight is 353 g/mol. The van der Waals surface area contributed by atoms with Gasteiger partial charge in [-0.3, -0.25) is 0 Å². The molecule has 0 radical (unpaired) electrons. The Balaban J connectivity index is 1.54. The molecular formula is C22H19N5. The summed E-state index contributed by atoms with van der Waals surface area (Å²) in [5.41, 5.74) is 2.77. The molecular weight excluding hydrogens is 334 g/mol. The summed E-state index contributed by atoms with van der Waals surface area (Å²) in [6.45, 7) is 1.46. The molecule has 0 saturated carbocycles. The molecule has 4 aromatic rings. The van der Waals surface area contributed by atoms with Crippen molar-refractivity contribution in [3.05, 3.63) is 90.0 Å². The summed E-state index contributed by atoms with van der Waals surface area (Å²) in [7, 11) is 2.01. The second kappa shape index (κ2) is 7.30. The molecule has 5 heteroatoms. The summed E-state index contributed by atoms with van der Waals surface area (Å²) in [6.07, 6.45) is 3.84. The third-order valence-corrected chi connectivity index (χ3v) is 4.57. The quantitative estimate of drug-likeness (QED) is 0.544. The topological polar surface area (TPSA) is 57.7 Å². The van der Waals surface area contributed by atoms with E-state index in [0.717, 1.165) is 29.1 Å². The molecule has 132 valence electrons.